The molecule has 3 rings (SSSR count). The molecule has 2 nitrogen and oxygen atoms in total. The number of hydrogen-bond acceptors (Lipinski definition) is 3. The van der Waals surface area contributed by atoms with Crippen LogP contribution in [0.2, 0.25) is 10.0 Å². The maximum Gasteiger partial charge on any atom is 0.239 e. The van der Waals surface area contributed by atoms with E-state index in [4.69, 9.17) is 27.6 Å². The zero-order valence-corrected chi connectivity index (χ0v) is 11.3. The zero-order chi connectivity index (χ0) is 12.7. The van der Waals surface area contributed by atoms with Crippen molar-refractivity contribution in [1.82, 2.24) is 0 Å². The first-order chi connectivity index (χ1) is 8.65. The van der Waals surface area contributed by atoms with Gasteiger partial charge in [-0.2, -0.15) is 0 Å². The Labute approximate surface area is 117 Å². The van der Waals surface area contributed by atoms with Crippen LogP contribution >= 0.6 is 34.5 Å². The van der Waals surface area contributed by atoms with E-state index < -0.39 is 0 Å². The Morgan fingerprint density at radius 2 is 2.00 bits per heavy atom. The van der Waals surface area contributed by atoms with Crippen LogP contribution in [-0.2, 0) is 0 Å². The lowest BCUT2D eigenvalue weighted by Crippen LogP contribution is -1.96. The Morgan fingerprint density at radius 3 is 2.72 bits per heavy atom. The van der Waals surface area contributed by atoms with Gasteiger partial charge in [-0.25, -0.2) is 0 Å². The topological polar surface area (TPSA) is 30.2 Å². The largest absolute Gasteiger partial charge is 0.453 e. The number of carbonyl (C=O) groups excluding carboxylic acids is 1. The van der Waals surface area contributed by atoms with Crippen molar-refractivity contribution in [2.45, 2.75) is 0 Å². The molecule has 3 aromatic rings. The van der Waals surface area contributed by atoms with Crippen LogP contribution in [0.25, 0.3) is 11.0 Å². The van der Waals surface area contributed by atoms with Crippen molar-refractivity contribution in [3.8, 4) is 0 Å². The summed E-state index contributed by atoms with van der Waals surface area (Å²) in [5.74, 6) is 0.0685. The SMILES string of the molecule is O=C(c1cc2cc(Cl)ccc2o1)c1sccc1Cl. The number of rotatable bonds is 2. The molecular weight excluding hydrogens is 291 g/mol. The maximum absolute atomic E-state index is 12.2. The van der Waals surface area contributed by atoms with E-state index in [-0.39, 0.29) is 11.5 Å². The molecule has 0 aliphatic rings. The van der Waals surface area contributed by atoms with Gasteiger partial charge in [0.05, 0.1) is 9.90 Å². The first kappa shape index (κ1) is 11.8. The summed E-state index contributed by atoms with van der Waals surface area (Å²) in [6, 6.07) is 8.59. The van der Waals surface area contributed by atoms with Crippen molar-refractivity contribution in [1.29, 1.82) is 0 Å². The predicted molar refractivity (Wildman–Crippen MR) is 74.0 cm³/mol. The lowest BCUT2D eigenvalue weighted by Gasteiger charge is -1.93. The van der Waals surface area contributed by atoms with Crippen molar-refractivity contribution in [2.24, 2.45) is 0 Å². The van der Waals surface area contributed by atoms with Gasteiger partial charge in [0.15, 0.2) is 5.76 Å². The smallest absolute Gasteiger partial charge is 0.239 e. The Morgan fingerprint density at radius 1 is 1.17 bits per heavy atom. The van der Waals surface area contributed by atoms with Crippen molar-refractivity contribution in [3.05, 3.63) is 56.4 Å². The molecule has 0 unspecified atom stereocenters. The molecule has 0 N–H and O–H groups in total. The molecule has 0 bridgehead atoms. The van der Waals surface area contributed by atoms with E-state index in [1.54, 1.807) is 35.7 Å². The van der Waals surface area contributed by atoms with E-state index in [1.807, 2.05) is 0 Å². The highest BCUT2D eigenvalue weighted by atomic mass is 35.5. The summed E-state index contributed by atoms with van der Waals surface area (Å²) in [7, 11) is 0. The van der Waals surface area contributed by atoms with Crippen LogP contribution in [0.1, 0.15) is 15.4 Å². The second-order valence-electron chi connectivity index (χ2n) is 3.72. The first-order valence-corrected chi connectivity index (χ1v) is 6.75. The molecule has 0 atom stereocenters. The highest BCUT2D eigenvalue weighted by Gasteiger charge is 2.18. The van der Waals surface area contributed by atoms with Crippen molar-refractivity contribution in [3.63, 3.8) is 0 Å². The average molecular weight is 297 g/mol. The quantitative estimate of drug-likeness (QED) is 0.621. The molecule has 0 saturated heterocycles. The predicted octanol–water partition coefficient (Wildman–Crippen LogP) is 5.03. The summed E-state index contributed by atoms with van der Waals surface area (Å²) in [5.41, 5.74) is 0.635. The van der Waals surface area contributed by atoms with Crippen LogP contribution in [0.15, 0.2) is 40.1 Å². The summed E-state index contributed by atoms with van der Waals surface area (Å²) in [5, 5.41) is 3.63. The third-order valence-electron chi connectivity index (χ3n) is 2.53. The molecule has 0 fully saturated rings. The molecule has 0 spiro atoms. The Bertz CT molecular complexity index is 742. The minimum atomic E-state index is -0.206. The van der Waals surface area contributed by atoms with Gasteiger partial charge in [-0.15, -0.1) is 11.3 Å². The van der Waals surface area contributed by atoms with E-state index in [0.29, 0.717) is 20.5 Å². The summed E-state index contributed by atoms with van der Waals surface area (Å²) in [4.78, 5) is 12.7. The minimum absolute atomic E-state index is 0.206. The van der Waals surface area contributed by atoms with Gasteiger partial charge in [0, 0.05) is 10.4 Å². The first-order valence-electron chi connectivity index (χ1n) is 5.12. The van der Waals surface area contributed by atoms with Gasteiger partial charge in [-0.3, -0.25) is 4.79 Å². The molecule has 0 saturated carbocycles. The number of ketones is 1. The van der Waals surface area contributed by atoms with Gasteiger partial charge in [0.25, 0.3) is 0 Å². The normalized spacial score (nSPS) is 11.0. The Kier molecular flexibility index (Phi) is 2.90. The molecule has 2 aromatic heterocycles. The number of benzene rings is 1. The number of thiophene rings is 1. The number of hydrogen-bond donors (Lipinski definition) is 0. The maximum atomic E-state index is 12.2. The van der Waals surface area contributed by atoms with E-state index in [2.05, 4.69) is 0 Å². The molecule has 0 aliphatic carbocycles. The summed E-state index contributed by atoms with van der Waals surface area (Å²) >= 11 is 13.1. The Hall–Kier alpha value is -1.29. The minimum Gasteiger partial charge on any atom is -0.453 e. The van der Waals surface area contributed by atoms with E-state index in [1.165, 1.54) is 11.3 Å². The van der Waals surface area contributed by atoms with E-state index >= 15 is 0 Å². The fourth-order valence-corrected chi connectivity index (χ4v) is 2.96. The molecule has 0 aliphatic heterocycles. The second-order valence-corrected chi connectivity index (χ2v) is 5.48. The fraction of sp³-hybridized carbons (Fsp3) is 0. The number of carbonyl (C=O) groups is 1. The number of furan rings is 1. The van der Waals surface area contributed by atoms with Gasteiger partial charge in [0.1, 0.15) is 5.58 Å². The van der Waals surface area contributed by atoms with E-state index in [9.17, 15) is 4.79 Å². The molecule has 2 heterocycles. The third kappa shape index (κ3) is 1.94. The van der Waals surface area contributed by atoms with Gasteiger partial charge >= 0.3 is 0 Å². The monoisotopic (exact) mass is 296 g/mol. The summed E-state index contributed by atoms with van der Waals surface area (Å²) < 4.78 is 5.50. The van der Waals surface area contributed by atoms with Gasteiger partial charge in [0.2, 0.25) is 5.78 Å². The highest BCUT2D eigenvalue weighted by Crippen LogP contribution is 2.28. The van der Waals surface area contributed by atoms with Crippen LogP contribution in [0, 0.1) is 0 Å². The van der Waals surface area contributed by atoms with Crippen LogP contribution in [0.3, 0.4) is 0 Å². The highest BCUT2D eigenvalue weighted by molar-refractivity contribution is 7.13. The molecular formula is C13H6Cl2O2S. The molecule has 5 heteroatoms. The van der Waals surface area contributed by atoms with Crippen LogP contribution in [0.5, 0.6) is 0 Å². The van der Waals surface area contributed by atoms with Gasteiger partial charge in [-0.05, 0) is 35.7 Å². The standard InChI is InChI=1S/C13H6Cl2O2S/c14-8-1-2-10-7(5-8)6-11(17-10)12(16)13-9(15)3-4-18-13/h1-6H. The Balaban J connectivity index is 2.10. The van der Waals surface area contributed by atoms with Crippen molar-refractivity contribution < 1.29 is 9.21 Å². The molecule has 18 heavy (non-hydrogen) atoms. The molecule has 0 radical (unpaired) electrons. The lowest BCUT2D eigenvalue weighted by molar-refractivity contribution is 0.101. The van der Waals surface area contributed by atoms with E-state index in [0.717, 1.165) is 5.39 Å². The van der Waals surface area contributed by atoms with Crippen molar-refractivity contribution in [2.75, 3.05) is 0 Å². The van der Waals surface area contributed by atoms with Crippen LogP contribution in [0.4, 0.5) is 0 Å². The van der Waals surface area contributed by atoms with Crippen LogP contribution < -0.4 is 0 Å². The van der Waals surface area contributed by atoms with Crippen LogP contribution in [-0.4, -0.2) is 5.78 Å². The third-order valence-corrected chi connectivity index (χ3v) is 4.10. The molecule has 0 amide bonds. The average Bonchev–Trinajstić information content (AvgIpc) is 2.93. The second kappa shape index (κ2) is 4.43. The lowest BCUT2D eigenvalue weighted by atomic mass is 10.2. The number of fused-ring (bicyclic) bond motifs is 1. The number of halogens is 2. The molecule has 90 valence electrons. The summed E-state index contributed by atoms with van der Waals surface area (Å²) in [6.45, 7) is 0. The summed E-state index contributed by atoms with van der Waals surface area (Å²) in [6.07, 6.45) is 0. The zero-order valence-electron chi connectivity index (χ0n) is 8.94. The van der Waals surface area contributed by atoms with Gasteiger partial charge in [-0.1, -0.05) is 23.2 Å². The van der Waals surface area contributed by atoms with Gasteiger partial charge < -0.3 is 4.42 Å². The van der Waals surface area contributed by atoms with Crippen molar-refractivity contribution >= 4 is 51.3 Å². The molecule has 1 aromatic carbocycles. The fourth-order valence-electron chi connectivity index (χ4n) is 1.69.